The summed E-state index contributed by atoms with van der Waals surface area (Å²) in [6, 6.07) is 11.2. The van der Waals surface area contributed by atoms with E-state index < -0.39 is 5.92 Å². The van der Waals surface area contributed by atoms with Gasteiger partial charge in [-0.15, -0.1) is 0 Å². The summed E-state index contributed by atoms with van der Waals surface area (Å²) in [6.07, 6.45) is 6.13. The van der Waals surface area contributed by atoms with Crippen LogP contribution in [0.3, 0.4) is 0 Å². The van der Waals surface area contributed by atoms with Gasteiger partial charge in [0.1, 0.15) is 23.1 Å². The van der Waals surface area contributed by atoms with Crippen LogP contribution >= 0.6 is 0 Å². The molecule has 8 nitrogen and oxygen atoms in total. The summed E-state index contributed by atoms with van der Waals surface area (Å²) in [7, 11) is 1.59. The van der Waals surface area contributed by atoms with E-state index in [1.807, 2.05) is 35.9 Å². The average molecular weight is 417 g/mol. The molecule has 1 atom stereocenters. The van der Waals surface area contributed by atoms with Crippen molar-refractivity contribution < 1.29 is 9.47 Å². The number of fused-ring (bicyclic) bond motifs is 1. The van der Waals surface area contributed by atoms with Crippen molar-refractivity contribution in [3.8, 4) is 17.6 Å². The number of aromatic nitrogens is 3. The van der Waals surface area contributed by atoms with Gasteiger partial charge in [-0.1, -0.05) is 12.1 Å². The average Bonchev–Trinajstić information content (AvgIpc) is 3.29. The quantitative estimate of drug-likeness (QED) is 0.661. The minimum Gasteiger partial charge on any atom is -0.497 e. The van der Waals surface area contributed by atoms with Crippen LogP contribution in [0.2, 0.25) is 0 Å². The second kappa shape index (κ2) is 8.40. The zero-order chi connectivity index (χ0) is 22.0. The maximum absolute atomic E-state index is 13.6. The molecular weight excluding hydrogens is 394 g/mol. The van der Waals surface area contributed by atoms with Gasteiger partial charge in [0, 0.05) is 37.2 Å². The maximum atomic E-state index is 13.6. The van der Waals surface area contributed by atoms with Crippen molar-refractivity contribution in [1.29, 1.82) is 5.26 Å². The van der Waals surface area contributed by atoms with Crippen molar-refractivity contribution in [2.24, 2.45) is 5.73 Å². The zero-order valence-electron chi connectivity index (χ0n) is 17.4. The van der Waals surface area contributed by atoms with Crippen LogP contribution in [0.4, 0.5) is 0 Å². The largest absolute Gasteiger partial charge is 0.497 e. The number of methoxy groups -OCH3 is 1. The Morgan fingerprint density at radius 1 is 1.29 bits per heavy atom. The summed E-state index contributed by atoms with van der Waals surface area (Å²) >= 11 is 0. The fourth-order valence-electron chi connectivity index (χ4n) is 3.92. The van der Waals surface area contributed by atoms with Crippen LogP contribution in [0.15, 0.2) is 65.3 Å². The Morgan fingerprint density at radius 3 is 2.71 bits per heavy atom. The van der Waals surface area contributed by atoms with Gasteiger partial charge >= 0.3 is 0 Å². The Bertz CT molecular complexity index is 1220. The number of benzene rings is 1. The van der Waals surface area contributed by atoms with Crippen LogP contribution in [0.5, 0.6) is 11.5 Å². The molecule has 1 aromatic carbocycles. The van der Waals surface area contributed by atoms with Crippen LogP contribution in [-0.4, -0.2) is 21.2 Å². The molecule has 0 fully saturated rings. The normalized spacial score (nSPS) is 15.2. The Kier molecular flexibility index (Phi) is 5.50. The maximum Gasteiger partial charge on any atom is 0.258 e. The van der Waals surface area contributed by atoms with Crippen molar-refractivity contribution in [2.45, 2.75) is 32.4 Å². The summed E-state index contributed by atoms with van der Waals surface area (Å²) in [5, 5.41) is 9.77. The first-order valence-corrected chi connectivity index (χ1v) is 9.95. The molecule has 2 N–H and O–H groups in total. The highest BCUT2D eigenvalue weighted by Crippen LogP contribution is 2.40. The fourth-order valence-corrected chi connectivity index (χ4v) is 3.92. The number of nitriles is 1. The molecule has 0 spiro atoms. The third-order valence-corrected chi connectivity index (χ3v) is 5.50. The molecule has 0 aliphatic carbocycles. The lowest BCUT2D eigenvalue weighted by Crippen LogP contribution is -2.33. The van der Waals surface area contributed by atoms with E-state index in [9.17, 15) is 10.1 Å². The Hall–Kier alpha value is -3.99. The number of ether oxygens (including phenoxy) is 2. The lowest BCUT2D eigenvalue weighted by Gasteiger charge is -2.27. The summed E-state index contributed by atoms with van der Waals surface area (Å²) in [4.78, 5) is 17.6. The molecule has 0 saturated heterocycles. The number of aryl methyl sites for hydroxylation is 2. The number of hydrogen-bond acceptors (Lipinski definition) is 6. The molecule has 8 heteroatoms. The molecule has 0 amide bonds. The zero-order valence-corrected chi connectivity index (χ0v) is 17.4. The highest BCUT2D eigenvalue weighted by atomic mass is 16.5. The summed E-state index contributed by atoms with van der Waals surface area (Å²) in [5.74, 6) is 0.498. The molecule has 2 aromatic heterocycles. The van der Waals surface area contributed by atoms with Gasteiger partial charge in [-0.3, -0.25) is 4.79 Å². The number of imidazole rings is 1. The smallest absolute Gasteiger partial charge is 0.258 e. The monoisotopic (exact) mass is 417 g/mol. The molecular formula is C23H23N5O3. The molecule has 158 valence electrons. The van der Waals surface area contributed by atoms with Crippen LogP contribution < -0.4 is 20.8 Å². The van der Waals surface area contributed by atoms with Gasteiger partial charge in [-0.2, -0.15) is 5.26 Å². The van der Waals surface area contributed by atoms with Gasteiger partial charge in [0.25, 0.3) is 5.56 Å². The number of rotatable bonds is 6. The van der Waals surface area contributed by atoms with E-state index in [2.05, 4.69) is 11.1 Å². The van der Waals surface area contributed by atoms with Gasteiger partial charge in [-0.05, 0) is 31.0 Å². The summed E-state index contributed by atoms with van der Waals surface area (Å²) in [6.45, 7) is 3.15. The van der Waals surface area contributed by atoms with Crippen LogP contribution in [0.25, 0.3) is 0 Å². The Balaban J connectivity index is 1.76. The van der Waals surface area contributed by atoms with E-state index >= 15 is 0 Å². The number of hydrogen-bond donors (Lipinski definition) is 1. The first kappa shape index (κ1) is 20.3. The SMILES string of the molecule is COc1ccc(C2C(C#N)=C(N)Oc3cc(C)n(CCCn4ccnc4)c(=O)c32)cc1. The van der Waals surface area contributed by atoms with E-state index in [1.165, 1.54) is 0 Å². The number of nitrogens with two attached hydrogens (primary N) is 1. The lowest BCUT2D eigenvalue weighted by molar-refractivity contribution is 0.387. The topological polar surface area (TPSA) is 108 Å². The Labute approximate surface area is 179 Å². The Morgan fingerprint density at radius 2 is 2.06 bits per heavy atom. The number of pyridine rings is 1. The molecule has 1 unspecified atom stereocenters. The van der Waals surface area contributed by atoms with Crippen molar-refractivity contribution >= 4 is 0 Å². The van der Waals surface area contributed by atoms with E-state index in [-0.39, 0.29) is 17.0 Å². The number of nitrogens with zero attached hydrogens (tertiary/aromatic N) is 4. The summed E-state index contributed by atoms with van der Waals surface area (Å²) in [5.41, 5.74) is 8.07. The summed E-state index contributed by atoms with van der Waals surface area (Å²) < 4.78 is 14.6. The second-order valence-corrected chi connectivity index (χ2v) is 7.37. The molecule has 0 saturated carbocycles. The molecule has 3 heterocycles. The standard InChI is InChI=1S/C23H23N5O3/c1-15-12-19-21(23(29)28(15)10-3-9-27-11-8-26-14-27)20(18(13-24)22(25)31-19)16-4-6-17(30-2)7-5-16/h4-8,11-12,14,20H,3,9-10,25H2,1-2H3. The fraction of sp³-hybridized carbons (Fsp3) is 0.261. The van der Waals surface area contributed by atoms with Gasteiger partial charge in [0.05, 0.1) is 24.9 Å². The predicted molar refractivity (Wildman–Crippen MR) is 115 cm³/mol. The second-order valence-electron chi connectivity index (χ2n) is 7.37. The van der Waals surface area contributed by atoms with Crippen molar-refractivity contribution in [1.82, 2.24) is 14.1 Å². The van der Waals surface area contributed by atoms with Gasteiger partial charge in [0.2, 0.25) is 5.88 Å². The van der Waals surface area contributed by atoms with E-state index in [0.717, 1.165) is 24.2 Å². The highest BCUT2D eigenvalue weighted by molar-refractivity contribution is 5.55. The van der Waals surface area contributed by atoms with Gasteiger partial charge in [-0.25, -0.2) is 4.98 Å². The first-order valence-electron chi connectivity index (χ1n) is 9.95. The minimum atomic E-state index is -0.604. The lowest BCUT2D eigenvalue weighted by atomic mass is 9.84. The van der Waals surface area contributed by atoms with Crippen molar-refractivity contribution in [3.63, 3.8) is 0 Å². The van der Waals surface area contributed by atoms with E-state index in [4.69, 9.17) is 15.2 Å². The minimum absolute atomic E-state index is 0.0208. The third-order valence-electron chi connectivity index (χ3n) is 5.50. The van der Waals surface area contributed by atoms with Crippen molar-refractivity contribution in [3.05, 3.63) is 87.7 Å². The number of allylic oxidation sites excluding steroid dienone is 1. The molecule has 1 aliphatic rings. The molecule has 3 aromatic rings. The molecule has 31 heavy (non-hydrogen) atoms. The molecule has 4 rings (SSSR count). The molecule has 0 bridgehead atoms. The van der Waals surface area contributed by atoms with Crippen LogP contribution in [0.1, 0.15) is 29.2 Å². The van der Waals surface area contributed by atoms with Crippen LogP contribution in [0, 0.1) is 18.3 Å². The van der Waals surface area contributed by atoms with Gasteiger partial charge in [0.15, 0.2) is 0 Å². The van der Waals surface area contributed by atoms with Crippen LogP contribution in [-0.2, 0) is 13.1 Å². The van der Waals surface area contributed by atoms with Crippen molar-refractivity contribution in [2.75, 3.05) is 7.11 Å². The van der Waals surface area contributed by atoms with Gasteiger partial charge < -0.3 is 24.3 Å². The highest BCUT2D eigenvalue weighted by Gasteiger charge is 2.34. The van der Waals surface area contributed by atoms with E-state index in [1.54, 1.807) is 36.3 Å². The predicted octanol–water partition coefficient (Wildman–Crippen LogP) is 2.67. The first-order chi connectivity index (χ1) is 15.0. The van der Waals surface area contributed by atoms with E-state index in [0.29, 0.717) is 23.6 Å². The molecule has 1 aliphatic heterocycles. The third kappa shape index (κ3) is 3.78. The molecule has 0 radical (unpaired) electrons.